The first-order valence-corrected chi connectivity index (χ1v) is 5.46. The quantitative estimate of drug-likeness (QED) is 0.602. The van der Waals surface area contributed by atoms with Gasteiger partial charge >= 0.3 is 0 Å². The second-order valence-electron chi connectivity index (χ2n) is 3.75. The van der Waals surface area contributed by atoms with Crippen LogP contribution < -0.4 is 10.5 Å². The predicted molar refractivity (Wildman–Crippen MR) is 68.8 cm³/mol. The number of carbonyl (C=O) groups is 1. The Morgan fingerprint density at radius 2 is 2.12 bits per heavy atom. The molecule has 0 radical (unpaired) electrons. The van der Waals surface area contributed by atoms with Crippen molar-refractivity contribution in [2.45, 2.75) is 6.42 Å². The molecule has 1 aromatic carbocycles. The third kappa shape index (κ3) is 4.59. The fraction of sp³-hybridized carbons (Fsp3) is 0.308. The Morgan fingerprint density at radius 3 is 2.71 bits per heavy atom. The molecule has 0 aliphatic rings. The fourth-order valence-corrected chi connectivity index (χ4v) is 1.23. The summed E-state index contributed by atoms with van der Waals surface area (Å²) >= 11 is 0. The summed E-state index contributed by atoms with van der Waals surface area (Å²) < 4.78 is 5.35. The van der Waals surface area contributed by atoms with E-state index in [-0.39, 0.29) is 12.5 Å². The van der Waals surface area contributed by atoms with Gasteiger partial charge in [-0.2, -0.15) is 0 Å². The van der Waals surface area contributed by atoms with E-state index >= 15 is 0 Å². The van der Waals surface area contributed by atoms with E-state index in [1.54, 1.807) is 42.3 Å². The highest BCUT2D eigenvalue weighted by Gasteiger charge is 2.08. The van der Waals surface area contributed by atoms with E-state index < -0.39 is 0 Å². The number of hydrogen-bond acceptors (Lipinski definition) is 3. The average molecular weight is 234 g/mol. The molecule has 2 N–H and O–H groups in total. The van der Waals surface area contributed by atoms with Crippen molar-refractivity contribution in [1.29, 1.82) is 0 Å². The zero-order valence-electron chi connectivity index (χ0n) is 10.1. The molecule has 4 nitrogen and oxygen atoms in total. The number of amides is 1. The van der Waals surface area contributed by atoms with Crippen molar-refractivity contribution in [2.24, 2.45) is 0 Å². The number of benzene rings is 1. The molecule has 0 atom stereocenters. The Kier molecular flexibility index (Phi) is 5.07. The van der Waals surface area contributed by atoms with Crippen LogP contribution in [0.25, 0.3) is 0 Å². The SMILES string of the molecule is C=CCCN(C)C(=O)COc1ccc(N)cc1. The van der Waals surface area contributed by atoms with Crippen molar-refractivity contribution >= 4 is 11.6 Å². The molecule has 1 rings (SSSR count). The Balaban J connectivity index is 2.37. The fourth-order valence-electron chi connectivity index (χ4n) is 1.23. The normalized spacial score (nSPS) is 9.71. The van der Waals surface area contributed by atoms with Crippen LogP contribution in [-0.4, -0.2) is 31.0 Å². The number of anilines is 1. The number of carbonyl (C=O) groups excluding carboxylic acids is 1. The number of likely N-dealkylation sites (N-methyl/N-ethyl adjacent to an activating group) is 1. The molecule has 92 valence electrons. The second kappa shape index (κ2) is 6.58. The van der Waals surface area contributed by atoms with Crippen LogP contribution in [0.2, 0.25) is 0 Å². The molecule has 0 saturated heterocycles. The lowest BCUT2D eigenvalue weighted by molar-refractivity contribution is -0.132. The summed E-state index contributed by atoms with van der Waals surface area (Å²) in [6.45, 7) is 4.31. The molecule has 4 heteroatoms. The maximum absolute atomic E-state index is 11.6. The Morgan fingerprint density at radius 1 is 1.47 bits per heavy atom. The minimum atomic E-state index is -0.0522. The number of hydrogen-bond donors (Lipinski definition) is 1. The van der Waals surface area contributed by atoms with E-state index in [1.165, 1.54) is 0 Å². The zero-order chi connectivity index (χ0) is 12.7. The smallest absolute Gasteiger partial charge is 0.260 e. The third-order valence-electron chi connectivity index (χ3n) is 2.34. The topological polar surface area (TPSA) is 55.6 Å². The van der Waals surface area contributed by atoms with Gasteiger partial charge in [-0.15, -0.1) is 6.58 Å². The molecule has 0 aliphatic heterocycles. The van der Waals surface area contributed by atoms with Gasteiger partial charge in [0, 0.05) is 19.3 Å². The highest BCUT2D eigenvalue weighted by molar-refractivity contribution is 5.77. The van der Waals surface area contributed by atoms with Crippen LogP contribution in [0.5, 0.6) is 5.75 Å². The van der Waals surface area contributed by atoms with Crippen molar-refractivity contribution in [3.05, 3.63) is 36.9 Å². The average Bonchev–Trinajstić information content (AvgIpc) is 2.34. The van der Waals surface area contributed by atoms with Gasteiger partial charge in [0.1, 0.15) is 5.75 Å². The summed E-state index contributed by atoms with van der Waals surface area (Å²) in [5, 5.41) is 0. The van der Waals surface area contributed by atoms with Crippen LogP contribution in [0.1, 0.15) is 6.42 Å². The number of nitrogen functional groups attached to an aromatic ring is 1. The number of nitrogens with two attached hydrogens (primary N) is 1. The lowest BCUT2D eigenvalue weighted by Crippen LogP contribution is -2.32. The van der Waals surface area contributed by atoms with E-state index in [9.17, 15) is 4.79 Å². The molecule has 0 unspecified atom stereocenters. The summed E-state index contributed by atoms with van der Waals surface area (Å²) in [5.41, 5.74) is 6.22. The first-order valence-electron chi connectivity index (χ1n) is 5.46. The lowest BCUT2D eigenvalue weighted by atomic mass is 10.3. The van der Waals surface area contributed by atoms with Crippen molar-refractivity contribution in [3.63, 3.8) is 0 Å². The number of rotatable bonds is 6. The molecule has 0 heterocycles. The number of nitrogens with zero attached hydrogens (tertiary/aromatic N) is 1. The van der Waals surface area contributed by atoms with Gasteiger partial charge < -0.3 is 15.4 Å². The van der Waals surface area contributed by atoms with Crippen LogP contribution in [0.4, 0.5) is 5.69 Å². The molecule has 0 saturated carbocycles. The van der Waals surface area contributed by atoms with Crippen molar-refractivity contribution in [2.75, 3.05) is 25.9 Å². The standard InChI is InChI=1S/C13H18N2O2/c1-3-4-9-15(2)13(16)10-17-12-7-5-11(14)6-8-12/h3,5-8H,1,4,9-10,14H2,2H3. The van der Waals surface area contributed by atoms with E-state index in [1.807, 2.05) is 0 Å². The minimum absolute atomic E-state index is 0.0392. The summed E-state index contributed by atoms with van der Waals surface area (Å²) in [6.07, 6.45) is 2.56. The van der Waals surface area contributed by atoms with E-state index in [2.05, 4.69) is 6.58 Å². The highest BCUT2D eigenvalue weighted by atomic mass is 16.5. The first kappa shape index (κ1) is 13.1. The first-order chi connectivity index (χ1) is 8.13. The largest absolute Gasteiger partial charge is 0.484 e. The summed E-state index contributed by atoms with van der Waals surface area (Å²) in [6, 6.07) is 6.96. The zero-order valence-corrected chi connectivity index (χ0v) is 10.1. The third-order valence-corrected chi connectivity index (χ3v) is 2.34. The molecule has 0 fully saturated rings. The maximum Gasteiger partial charge on any atom is 0.260 e. The molecule has 1 amide bonds. The van der Waals surface area contributed by atoms with E-state index in [0.29, 0.717) is 18.0 Å². The predicted octanol–water partition coefficient (Wildman–Crippen LogP) is 1.68. The number of ether oxygens (including phenoxy) is 1. The van der Waals surface area contributed by atoms with Crippen LogP contribution in [-0.2, 0) is 4.79 Å². The highest BCUT2D eigenvalue weighted by Crippen LogP contribution is 2.12. The van der Waals surface area contributed by atoms with Crippen LogP contribution in [0.15, 0.2) is 36.9 Å². The van der Waals surface area contributed by atoms with Gasteiger partial charge in [-0.25, -0.2) is 0 Å². The molecule has 0 bridgehead atoms. The molecular weight excluding hydrogens is 216 g/mol. The molecule has 0 aliphatic carbocycles. The maximum atomic E-state index is 11.6. The molecular formula is C13H18N2O2. The van der Waals surface area contributed by atoms with Crippen molar-refractivity contribution in [1.82, 2.24) is 4.90 Å². The lowest BCUT2D eigenvalue weighted by Gasteiger charge is -2.16. The van der Waals surface area contributed by atoms with Gasteiger partial charge in [-0.05, 0) is 30.7 Å². The van der Waals surface area contributed by atoms with Gasteiger partial charge in [-0.3, -0.25) is 4.79 Å². The van der Waals surface area contributed by atoms with Crippen LogP contribution in [0.3, 0.4) is 0 Å². The Bertz CT molecular complexity index is 374. The second-order valence-corrected chi connectivity index (χ2v) is 3.75. The minimum Gasteiger partial charge on any atom is -0.484 e. The van der Waals surface area contributed by atoms with Gasteiger partial charge in [-0.1, -0.05) is 6.08 Å². The van der Waals surface area contributed by atoms with Crippen LogP contribution in [0, 0.1) is 0 Å². The Labute approximate surface area is 102 Å². The van der Waals surface area contributed by atoms with Crippen molar-refractivity contribution in [3.8, 4) is 5.75 Å². The molecule has 17 heavy (non-hydrogen) atoms. The van der Waals surface area contributed by atoms with Crippen LogP contribution >= 0.6 is 0 Å². The summed E-state index contributed by atoms with van der Waals surface area (Å²) in [5.74, 6) is 0.591. The summed E-state index contributed by atoms with van der Waals surface area (Å²) in [4.78, 5) is 13.3. The van der Waals surface area contributed by atoms with E-state index in [4.69, 9.17) is 10.5 Å². The van der Waals surface area contributed by atoms with Gasteiger partial charge in [0.2, 0.25) is 0 Å². The molecule has 1 aromatic rings. The monoisotopic (exact) mass is 234 g/mol. The van der Waals surface area contributed by atoms with Gasteiger partial charge in [0.15, 0.2) is 6.61 Å². The van der Waals surface area contributed by atoms with Gasteiger partial charge in [0.25, 0.3) is 5.91 Å². The molecule has 0 aromatic heterocycles. The van der Waals surface area contributed by atoms with Crippen molar-refractivity contribution < 1.29 is 9.53 Å². The Hall–Kier alpha value is -1.97. The molecule has 0 spiro atoms. The van der Waals surface area contributed by atoms with E-state index in [0.717, 1.165) is 6.42 Å². The van der Waals surface area contributed by atoms with Gasteiger partial charge in [0.05, 0.1) is 0 Å². The summed E-state index contributed by atoms with van der Waals surface area (Å²) in [7, 11) is 1.75.